The van der Waals surface area contributed by atoms with E-state index in [0.29, 0.717) is 18.1 Å². The quantitative estimate of drug-likeness (QED) is 0.290. The van der Waals surface area contributed by atoms with Crippen molar-refractivity contribution in [1.82, 2.24) is 15.6 Å². The summed E-state index contributed by atoms with van der Waals surface area (Å²) < 4.78 is 5.22. The molecule has 0 unspecified atom stereocenters. The normalized spacial score (nSPS) is 10.6. The molecular weight excluding hydrogens is 304 g/mol. The van der Waals surface area contributed by atoms with Gasteiger partial charge in [0.05, 0.1) is 24.3 Å². The Hall–Kier alpha value is -2.40. The molecule has 8 heteroatoms. The number of terminal acetylenes is 1. The zero-order valence-corrected chi connectivity index (χ0v) is 13.1. The third kappa shape index (κ3) is 6.85. The molecule has 0 amide bonds. The van der Waals surface area contributed by atoms with Crippen LogP contribution in [0.25, 0.3) is 0 Å². The van der Waals surface area contributed by atoms with Crippen LogP contribution >= 0.6 is 11.8 Å². The van der Waals surface area contributed by atoms with Gasteiger partial charge in [-0.3, -0.25) is 15.1 Å². The molecule has 0 aromatic carbocycles. The van der Waals surface area contributed by atoms with Crippen molar-refractivity contribution in [2.45, 2.75) is 5.75 Å². The molecule has 0 aliphatic carbocycles. The van der Waals surface area contributed by atoms with E-state index >= 15 is 0 Å². The molecule has 1 rings (SSSR count). The first-order valence-corrected chi connectivity index (χ1v) is 7.65. The van der Waals surface area contributed by atoms with E-state index in [1.807, 2.05) is 12.1 Å². The Morgan fingerprint density at radius 2 is 2.45 bits per heavy atom. The predicted molar refractivity (Wildman–Crippen MR) is 86.9 cm³/mol. The molecule has 118 valence electrons. The summed E-state index contributed by atoms with van der Waals surface area (Å²) >= 11 is 1.65. The fourth-order valence-corrected chi connectivity index (χ4v) is 2.35. The standard InChI is InChI=1S/C14H18N4O3S/c1-3-6-16-14(10-18(19)20)17-8-9-22-11-12-13(21-2)5-4-7-15-12/h1,4-5,7,10,16-17H,6,8-9,11H2,2H3. The van der Waals surface area contributed by atoms with Crippen molar-refractivity contribution < 1.29 is 9.66 Å². The number of pyridine rings is 1. The van der Waals surface area contributed by atoms with Crippen LogP contribution in [0.3, 0.4) is 0 Å². The summed E-state index contributed by atoms with van der Waals surface area (Å²) in [4.78, 5) is 14.2. The van der Waals surface area contributed by atoms with Crippen molar-refractivity contribution in [2.24, 2.45) is 0 Å². The second kappa shape index (κ2) is 10.3. The van der Waals surface area contributed by atoms with E-state index in [-0.39, 0.29) is 6.54 Å². The topological polar surface area (TPSA) is 89.3 Å². The lowest BCUT2D eigenvalue weighted by Crippen LogP contribution is -2.29. The summed E-state index contributed by atoms with van der Waals surface area (Å²) in [6.45, 7) is 0.794. The van der Waals surface area contributed by atoms with Crippen molar-refractivity contribution in [2.75, 3.05) is 26.0 Å². The van der Waals surface area contributed by atoms with E-state index in [9.17, 15) is 10.1 Å². The van der Waals surface area contributed by atoms with Crippen LogP contribution in [-0.4, -0.2) is 35.9 Å². The number of ether oxygens (including phenoxy) is 1. The van der Waals surface area contributed by atoms with Crippen LogP contribution < -0.4 is 15.4 Å². The van der Waals surface area contributed by atoms with Crippen LogP contribution in [0.4, 0.5) is 0 Å². The van der Waals surface area contributed by atoms with E-state index in [4.69, 9.17) is 11.2 Å². The van der Waals surface area contributed by atoms with E-state index in [1.54, 1.807) is 25.1 Å². The SMILES string of the molecule is C#CCNC(=C[N+](=O)[O-])NCCSCc1ncccc1OC. The summed E-state index contributed by atoms with van der Waals surface area (Å²) in [6, 6.07) is 3.68. The first-order valence-electron chi connectivity index (χ1n) is 6.49. The number of rotatable bonds is 10. The molecule has 0 atom stereocenters. The molecule has 0 bridgehead atoms. The number of hydrogen-bond donors (Lipinski definition) is 2. The third-order valence-corrected chi connectivity index (χ3v) is 3.45. The predicted octanol–water partition coefficient (Wildman–Crippen LogP) is 1.21. The van der Waals surface area contributed by atoms with Gasteiger partial charge in [0.15, 0.2) is 5.82 Å². The van der Waals surface area contributed by atoms with Crippen LogP contribution in [0.1, 0.15) is 5.69 Å². The van der Waals surface area contributed by atoms with Gasteiger partial charge in [-0.1, -0.05) is 5.92 Å². The van der Waals surface area contributed by atoms with Crippen molar-refractivity contribution in [3.05, 3.63) is 46.2 Å². The Morgan fingerprint density at radius 3 is 3.14 bits per heavy atom. The molecular formula is C14H18N4O3S. The first-order chi connectivity index (χ1) is 10.7. The molecule has 0 spiro atoms. The molecule has 0 aliphatic rings. The first kappa shape index (κ1) is 17.7. The van der Waals surface area contributed by atoms with Gasteiger partial charge in [0, 0.05) is 24.2 Å². The van der Waals surface area contributed by atoms with Gasteiger partial charge in [-0.25, -0.2) is 0 Å². The highest BCUT2D eigenvalue weighted by Crippen LogP contribution is 2.19. The highest BCUT2D eigenvalue weighted by molar-refractivity contribution is 7.98. The summed E-state index contributed by atoms with van der Waals surface area (Å²) in [5.41, 5.74) is 0.876. The summed E-state index contributed by atoms with van der Waals surface area (Å²) in [5, 5.41) is 16.2. The smallest absolute Gasteiger partial charge is 0.274 e. The van der Waals surface area contributed by atoms with Crippen LogP contribution in [0, 0.1) is 22.5 Å². The average molecular weight is 322 g/mol. The summed E-state index contributed by atoms with van der Waals surface area (Å²) in [6.07, 6.45) is 7.70. The highest BCUT2D eigenvalue weighted by atomic mass is 32.2. The van der Waals surface area contributed by atoms with Crippen LogP contribution in [0.2, 0.25) is 0 Å². The minimum Gasteiger partial charge on any atom is -0.495 e. The second-order valence-electron chi connectivity index (χ2n) is 4.02. The number of aromatic nitrogens is 1. The fraction of sp³-hybridized carbons (Fsp3) is 0.357. The molecule has 0 saturated carbocycles. The van der Waals surface area contributed by atoms with Gasteiger partial charge in [-0.15, -0.1) is 6.42 Å². The van der Waals surface area contributed by atoms with Crippen LogP contribution in [-0.2, 0) is 5.75 Å². The molecule has 7 nitrogen and oxygen atoms in total. The molecule has 0 saturated heterocycles. The van der Waals surface area contributed by atoms with Gasteiger partial charge in [0.1, 0.15) is 5.75 Å². The van der Waals surface area contributed by atoms with Crippen molar-refractivity contribution >= 4 is 11.8 Å². The number of hydrogen-bond acceptors (Lipinski definition) is 7. The molecule has 22 heavy (non-hydrogen) atoms. The van der Waals surface area contributed by atoms with Gasteiger partial charge in [0.25, 0.3) is 6.20 Å². The van der Waals surface area contributed by atoms with Crippen LogP contribution in [0.5, 0.6) is 5.75 Å². The maximum atomic E-state index is 10.5. The lowest BCUT2D eigenvalue weighted by Gasteiger charge is -2.10. The van der Waals surface area contributed by atoms with E-state index in [1.165, 1.54) is 0 Å². The van der Waals surface area contributed by atoms with Crippen molar-refractivity contribution in [1.29, 1.82) is 0 Å². The number of nitrogens with zero attached hydrogens (tertiary/aromatic N) is 2. The van der Waals surface area contributed by atoms with E-state index < -0.39 is 4.92 Å². The number of methoxy groups -OCH3 is 1. The van der Waals surface area contributed by atoms with E-state index in [2.05, 4.69) is 21.5 Å². The maximum Gasteiger partial charge on any atom is 0.274 e. The largest absolute Gasteiger partial charge is 0.495 e. The van der Waals surface area contributed by atoms with Crippen molar-refractivity contribution in [3.63, 3.8) is 0 Å². The van der Waals surface area contributed by atoms with Crippen LogP contribution in [0.15, 0.2) is 30.4 Å². The van der Waals surface area contributed by atoms with Crippen molar-refractivity contribution in [3.8, 4) is 18.1 Å². The van der Waals surface area contributed by atoms with Gasteiger partial charge in [-0.2, -0.15) is 11.8 Å². The molecule has 1 heterocycles. The highest BCUT2D eigenvalue weighted by Gasteiger charge is 2.04. The lowest BCUT2D eigenvalue weighted by molar-refractivity contribution is -0.404. The Morgan fingerprint density at radius 1 is 1.64 bits per heavy atom. The zero-order valence-electron chi connectivity index (χ0n) is 12.2. The number of nitrogens with one attached hydrogen (secondary N) is 2. The number of thioether (sulfide) groups is 1. The molecule has 0 fully saturated rings. The Kier molecular flexibility index (Phi) is 8.30. The maximum absolute atomic E-state index is 10.5. The number of nitro groups is 1. The van der Waals surface area contributed by atoms with Gasteiger partial charge in [0.2, 0.25) is 0 Å². The fourth-order valence-electron chi connectivity index (χ4n) is 1.55. The molecule has 1 aromatic rings. The Labute approximate surface area is 133 Å². The van der Waals surface area contributed by atoms with Gasteiger partial charge < -0.3 is 15.4 Å². The Balaban J connectivity index is 2.34. The second-order valence-corrected chi connectivity index (χ2v) is 5.12. The molecule has 2 N–H and O–H groups in total. The zero-order chi connectivity index (χ0) is 16.2. The summed E-state index contributed by atoms with van der Waals surface area (Å²) in [7, 11) is 1.61. The van der Waals surface area contributed by atoms with Gasteiger partial charge >= 0.3 is 0 Å². The molecule has 1 aromatic heterocycles. The molecule has 0 aliphatic heterocycles. The lowest BCUT2D eigenvalue weighted by atomic mass is 10.3. The van der Waals surface area contributed by atoms with Gasteiger partial charge in [-0.05, 0) is 12.1 Å². The minimum atomic E-state index is -0.530. The minimum absolute atomic E-state index is 0.227. The summed E-state index contributed by atoms with van der Waals surface area (Å²) in [5.74, 6) is 4.89. The van der Waals surface area contributed by atoms with E-state index in [0.717, 1.165) is 23.4 Å². The third-order valence-electron chi connectivity index (χ3n) is 2.48. The molecule has 0 radical (unpaired) electrons. The average Bonchev–Trinajstić information content (AvgIpc) is 2.51. The monoisotopic (exact) mass is 322 g/mol. The Bertz CT molecular complexity index is 557.